The summed E-state index contributed by atoms with van der Waals surface area (Å²) in [7, 11) is 3.31. The number of nitrogens with two attached hydrogens (primary N) is 1. The van der Waals surface area contributed by atoms with Crippen molar-refractivity contribution in [3.05, 3.63) is 78.6 Å². The largest absolute Gasteiger partial charge is 0.493 e. The van der Waals surface area contributed by atoms with Crippen LogP contribution in [-0.2, 0) is 17.6 Å². The summed E-state index contributed by atoms with van der Waals surface area (Å²) >= 11 is 0. The second-order valence-corrected chi connectivity index (χ2v) is 11.7. The average molecular weight is 596 g/mol. The van der Waals surface area contributed by atoms with Gasteiger partial charge in [0.05, 0.1) is 19.8 Å². The summed E-state index contributed by atoms with van der Waals surface area (Å²) in [4.78, 5) is 24.5. The third-order valence-electron chi connectivity index (χ3n) is 7.83. The standard InChI is InChI=1S/C34H49N3O6/c1-21(2)8-10-27(35)28(38)20-37-32-31(33(39)34(32)40)36-13-12-25-19-26(23(4)16-22(25)3)17-24-9-11-29(42-6)30(18-24)43-15-7-14-41-5/h9,11,16,18-19,21,27-28,36-38H,7-8,10,12-15,17,20,35H2,1-6H3/t27-,28-/m0/s1. The van der Waals surface area contributed by atoms with Gasteiger partial charge >= 0.3 is 0 Å². The minimum atomic E-state index is -0.811. The first kappa shape index (κ1) is 34.1. The third kappa shape index (κ3) is 9.55. The van der Waals surface area contributed by atoms with E-state index in [1.807, 2.05) is 12.1 Å². The molecule has 0 saturated carbocycles. The molecule has 3 rings (SSSR count). The minimum absolute atomic E-state index is 0.116. The van der Waals surface area contributed by atoms with E-state index in [-0.39, 0.29) is 17.9 Å². The van der Waals surface area contributed by atoms with Crippen molar-refractivity contribution in [3.63, 3.8) is 0 Å². The Morgan fingerprint density at radius 1 is 0.884 bits per heavy atom. The monoisotopic (exact) mass is 595 g/mol. The fourth-order valence-corrected chi connectivity index (χ4v) is 5.08. The fraction of sp³-hybridized carbons (Fsp3) is 0.529. The van der Waals surface area contributed by atoms with Gasteiger partial charge in [0.25, 0.3) is 10.9 Å². The molecule has 0 aromatic heterocycles. The van der Waals surface area contributed by atoms with Gasteiger partial charge < -0.3 is 35.7 Å². The predicted octanol–water partition coefficient (Wildman–Crippen LogP) is 4.11. The molecule has 0 unspecified atom stereocenters. The number of nitrogens with one attached hydrogen (secondary N) is 2. The summed E-state index contributed by atoms with van der Waals surface area (Å²) in [5.74, 6) is 1.91. The van der Waals surface area contributed by atoms with Gasteiger partial charge in [0.15, 0.2) is 11.5 Å². The first-order valence-corrected chi connectivity index (χ1v) is 15.2. The zero-order valence-corrected chi connectivity index (χ0v) is 26.5. The van der Waals surface area contributed by atoms with Crippen LogP contribution in [0.3, 0.4) is 0 Å². The Labute approximate surface area is 255 Å². The summed E-state index contributed by atoms with van der Waals surface area (Å²) in [5.41, 5.74) is 11.3. The predicted molar refractivity (Wildman–Crippen MR) is 174 cm³/mol. The maximum Gasteiger partial charge on any atom is 0.253 e. The van der Waals surface area contributed by atoms with Crippen molar-refractivity contribution >= 4 is 11.4 Å². The van der Waals surface area contributed by atoms with Gasteiger partial charge in [0, 0.05) is 39.3 Å². The number of ether oxygens (including phenoxy) is 3. The molecule has 0 aliphatic rings. The summed E-state index contributed by atoms with van der Waals surface area (Å²) in [5, 5.41) is 16.5. The molecular weight excluding hydrogens is 546 g/mol. The van der Waals surface area contributed by atoms with E-state index in [4.69, 9.17) is 19.9 Å². The normalized spacial score (nSPS) is 12.9. The molecule has 0 amide bonds. The Morgan fingerprint density at radius 3 is 2.26 bits per heavy atom. The number of hydrogen-bond donors (Lipinski definition) is 4. The molecule has 9 nitrogen and oxygen atoms in total. The zero-order valence-electron chi connectivity index (χ0n) is 26.5. The van der Waals surface area contributed by atoms with Crippen LogP contribution in [0.1, 0.15) is 60.9 Å². The fourth-order valence-electron chi connectivity index (χ4n) is 5.08. The lowest BCUT2D eigenvalue weighted by Gasteiger charge is -2.22. The number of benzene rings is 2. The van der Waals surface area contributed by atoms with Crippen LogP contribution < -0.4 is 36.7 Å². The molecule has 0 fully saturated rings. The molecule has 0 radical (unpaired) electrons. The number of aliphatic hydroxyl groups is 1. The lowest BCUT2D eigenvalue weighted by Crippen LogP contribution is -2.43. The van der Waals surface area contributed by atoms with E-state index in [0.29, 0.717) is 50.0 Å². The van der Waals surface area contributed by atoms with Crippen molar-refractivity contribution in [2.24, 2.45) is 11.7 Å². The molecule has 5 N–H and O–H groups in total. The van der Waals surface area contributed by atoms with Gasteiger partial charge in [-0.25, -0.2) is 0 Å². The molecule has 3 aromatic rings. The van der Waals surface area contributed by atoms with E-state index in [2.05, 4.69) is 56.5 Å². The van der Waals surface area contributed by atoms with Crippen molar-refractivity contribution in [2.75, 3.05) is 51.2 Å². The number of hydrogen-bond acceptors (Lipinski definition) is 9. The Morgan fingerprint density at radius 2 is 1.58 bits per heavy atom. The van der Waals surface area contributed by atoms with Crippen LogP contribution in [0.25, 0.3) is 0 Å². The lowest BCUT2D eigenvalue weighted by molar-refractivity contribution is 0.149. The third-order valence-corrected chi connectivity index (χ3v) is 7.83. The van der Waals surface area contributed by atoms with Crippen LogP contribution >= 0.6 is 0 Å². The average Bonchev–Trinajstić information content (AvgIpc) is 2.98. The SMILES string of the molecule is COCCCOc1cc(Cc2cc(CCNc3c(NC[C@H](O)[C@@H](N)CCC(C)C)c(=O)c3=O)c(C)cc2C)ccc1OC. The Balaban J connectivity index is 1.62. The molecule has 0 aliphatic heterocycles. The molecule has 0 spiro atoms. The second-order valence-electron chi connectivity index (χ2n) is 11.7. The Bertz CT molecular complexity index is 1400. The van der Waals surface area contributed by atoms with Crippen LogP contribution in [-0.4, -0.2) is 57.8 Å². The highest BCUT2D eigenvalue weighted by Gasteiger charge is 2.23. The molecule has 0 heterocycles. The molecule has 236 valence electrons. The van der Waals surface area contributed by atoms with Gasteiger partial charge in [-0.05, 0) is 85.4 Å². The van der Waals surface area contributed by atoms with E-state index >= 15 is 0 Å². The van der Waals surface area contributed by atoms with Gasteiger partial charge in [0.1, 0.15) is 11.4 Å². The lowest BCUT2D eigenvalue weighted by atomic mass is 9.94. The van der Waals surface area contributed by atoms with Gasteiger partial charge in [-0.2, -0.15) is 0 Å². The molecule has 43 heavy (non-hydrogen) atoms. The molecule has 0 saturated heterocycles. The van der Waals surface area contributed by atoms with Gasteiger partial charge in [0.2, 0.25) is 0 Å². The molecule has 3 aromatic carbocycles. The summed E-state index contributed by atoms with van der Waals surface area (Å²) < 4.78 is 16.6. The highest BCUT2D eigenvalue weighted by Crippen LogP contribution is 2.30. The van der Waals surface area contributed by atoms with Crippen molar-refractivity contribution in [1.82, 2.24) is 0 Å². The van der Waals surface area contributed by atoms with Crippen molar-refractivity contribution in [2.45, 2.75) is 71.9 Å². The number of aryl methyl sites for hydroxylation is 2. The second kappa shape index (κ2) is 16.4. The Kier molecular flexibility index (Phi) is 13.0. The smallest absolute Gasteiger partial charge is 0.253 e. The minimum Gasteiger partial charge on any atom is -0.493 e. The van der Waals surface area contributed by atoms with E-state index in [1.165, 1.54) is 16.7 Å². The number of rotatable bonds is 19. The summed E-state index contributed by atoms with van der Waals surface area (Å²) in [6.45, 7) is 10.2. The van der Waals surface area contributed by atoms with Crippen molar-refractivity contribution in [3.8, 4) is 11.5 Å². The van der Waals surface area contributed by atoms with Crippen LogP contribution in [0.5, 0.6) is 11.5 Å². The van der Waals surface area contributed by atoms with E-state index < -0.39 is 23.0 Å². The van der Waals surface area contributed by atoms with E-state index in [0.717, 1.165) is 30.4 Å². The molecule has 0 aliphatic carbocycles. The van der Waals surface area contributed by atoms with Crippen molar-refractivity contribution < 1.29 is 19.3 Å². The van der Waals surface area contributed by atoms with Gasteiger partial charge in [-0.15, -0.1) is 0 Å². The van der Waals surface area contributed by atoms with Crippen LogP contribution in [0.2, 0.25) is 0 Å². The zero-order chi connectivity index (χ0) is 31.5. The number of anilines is 2. The maximum atomic E-state index is 12.3. The highest BCUT2D eigenvalue weighted by atomic mass is 16.5. The van der Waals surface area contributed by atoms with Gasteiger partial charge in [-0.3, -0.25) is 9.59 Å². The molecule has 0 bridgehead atoms. The summed E-state index contributed by atoms with van der Waals surface area (Å²) in [6.07, 6.45) is 3.00. The quantitative estimate of drug-likeness (QED) is 0.119. The number of methoxy groups -OCH3 is 2. The van der Waals surface area contributed by atoms with E-state index in [1.54, 1.807) is 14.2 Å². The van der Waals surface area contributed by atoms with Crippen LogP contribution in [0.4, 0.5) is 11.4 Å². The van der Waals surface area contributed by atoms with E-state index in [9.17, 15) is 14.7 Å². The molecule has 9 heteroatoms. The first-order valence-electron chi connectivity index (χ1n) is 15.2. The Hall–Kier alpha value is -3.40. The molecular formula is C34H49N3O6. The molecule has 2 atom stereocenters. The number of aliphatic hydroxyl groups excluding tert-OH is 1. The highest BCUT2D eigenvalue weighted by molar-refractivity contribution is 5.74. The van der Waals surface area contributed by atoms with Crippen molar-refractivity contribution in [1.29, 1.82) is 0 Å². The van der Waals surface area contributed by atoms with Gasteiger partial charge in [-0.1, -0.05) is 32.0 Å². The first-order chi connectivity index (χ1) is 20.5. The summed E-state index contributed by atoms with van der Waals surface area (Å²) in [6, 6.07) is 10.0. The maximum absolute atomic E-state index is 12.3. The van der Waals surface area contributed by atoms with Crippen LogP contribution in [0.15, 0.2) is 39.9 Å². The van der Waals surface area contributed by atoms with Crippen LogP contribution in [0, 0.1) is 19.8 Å². The topological polar surface area (TPSA) is 132 Å².